The third kappa shape index (κ3) is 3.04. The lowest BCUT2D eigenvalue weighted by atomic mass is 10.0. The van der Waals surface area contributed by atoms with E-state index in [1.165, 1.54) is 34.9 Å². The zero-order valence-corrected chi connectivity index (χ0v) is 18.3. The Bertz CT molecular complexity index is 1240. The Labute approximate surface area is 192 Å². The standard InChI is InChI=1S/C23H15Cl2FN2O2S/c24-17-7-3-1-5-14(17)12-27-20-8-4-2-6-16(20)23(22(27)30)28(21(29)13-31-23)15-9-10-19(26)18(25)11-15/h1-11H,12-13H2. The molecule has 5 rings (SSSR count). The van der Waals surface area contributed by atoms with Crippen LogP contribution in [0.1, 0.15) is 11.1 Å². The number of nitrogens with zero attached hydrogens (tertiary/aromatic N) is 2. The van der Waals surface area contributed by atoms with Crippen LogP contribution in [0.25, 0.3) is 0 Å². The number of amides is 2. The quantitative estimate of drug-likeness (QED) is 0.497. The minimum atomic E-state index is -1.28. The van der Waals surface area contributed by atoms with Gasteiger partial charge in [0.05, 0.1) is 23.0 Å². The van der Waals surface area contributed by atoms with Crippen molar-refractivity contribution in [2.24, 2.45) is 0 Å². The highest BCUT2D eigenvalue weighted by molar-refractivity contribution is 8.02. The van der Waals surface area contributed by atoms with Crippen molar-refractivity contribution in [1.82, 2.24) is 0 Å². The number of thioether (sulfide) groups is 1. The third-order valence-electron chi connectivity index (χ3n) is 5.51. The zero-order chi connectivity index (χ0) is 21.8. The van der Waals surface area contributed by atoms with E-state index in [2.05, 4.69) is 0 Å². The smallest absolute Gasteiger partial charge is 0.269 e. The summed E-state index contributed by atoms with van der Waals surface area (Å²) in [4.78, 5) is 28.7. The molecule has 2 aliphatic rings. The number of halogens is 3. The second-order valence-corrected chi connectivity index (χ2v) is 9.24. The maximum atomic E-state index is 13.9. The van der Waals surface area contributed by atoms with Crippen LogP contribution < -0.4 is 9.80 Å². The average molecular weight is 473 g/mol. The minimum absolute atomic E-state index is 0.107. The van der Waals surface area contributed by atoms with Crippen molar-refractivity contribution >= 4 is 58.2 Å². The summed E-state index contributed by atoms with van der Waals surface area (Å²) in [6.45, 7) is 0.268. The molecule has 1 unspecified atom stereocenters. The fraction of sp³-hybridized carbons (Fsp3) is 0.130. The molecule has 0 radical (unpaired) electrons. The van der Waals surface area contributed by atoms with Crippen LogP contribution in [0.15, 0.2) is 66.7 Å². The SMILES string of the molecule is O=C1CSC2(C(=O)N(Cc3ccccc3Cl)c3ccccc32)N1c1ccc(F)c(Cl)c1. The number of para-hydroxylation sites is 1. The molecule has 0 bridgehead atoms. The van der Waals surface area contributed by atoms with E-state index in [1.54, 1.807) is 11.0 Å². The summed E-state index contributed by atoms with van der Waals surface area (Å²) in [5.41, 5.74) is 2.61. The topological polar surface area (TPSA) is 40.6 Å². The van der Waals surface area contributed by atoms with Crippen molar-refractivity contribution in [3.8, 4) is 0 Å². The van der Waals surface area contributed by atoms with Crippen LogP contribution in [0.2, 0.25) is 10.0 Å². The van der Waals surface area contributed by atoms with Crippen LogP contribution in [0.3, 0.4) is 0 Å². The summed E-state index contributed by atoms with van der Waals surface area (Å²) in [5, 5.41) is 0.454. The van der Waals surface area contributed by atoms with E-state index < -0.39 is 10.7 Å². The number of hydrogen-bond acceptors (Lipinski definition) is 3. The summed E-state index contributed by atoms with van der Waals surface area (Å²) >= 11 is 13.6. The normalized spacial score (nSPS) is 20.1. The first kappa shape index (κ1) is 20.4. The predicted octanol–water partition coefficient (Wildman–Crippen LogP) is 5.61. The van der Waals surface area contributed by atoms with Gasteiger partial charge in [0.15, 0.2) is 0 Å². The van der Waals surface area contributed by atoms with Crippen molar-refractivity contribution in [3.05, 3.63) is 93.7 Å². The van der Waals surface area contributed by atoms with E-state index in [1.807, 2.05) is 42.5 Å². The lowest BCUT2D eigenvalue weighted by Crippen LogP contribution is -2.49. The Morgan fingerprint density at radius 2 is 1.71 bits per heavy atom. The van der Waals surface area contributed by atoms with Gasteiger partial charge in [0.2, 0.25) is 10.8 Å². The first-order valence-electron chi connectivity index (χ1n) is 9.50. The molecule has 1 atom stereocenters. The van der Waals surface area contributed by atoms with Gasteiger partial charge in [-0.1, -0.05) is 59.6 Å². The largest absolute Gasteiger partial charge is 0.304 e. The number of hydrogen-bond donors (Lipinski definition) is 0. The Kier molecular flexibility index (Phi) is 4.96. The molecule has 156 valence electrons. The van der Waals surface area contributed by atoms with Crippen LogP contribution in [-0.4, -0.2) is 17.6 Å². The van der Waals surface area contributed by atoms with E-state index in [0.717, 1.165) is 5.56 Å². The number of rotatable bonds is 3. The van der Waals surface area contributed by atoms with Gasteiger partial charge >= 0.3 is 0 Å². The number of benzene rings is 3. The van der Waals surface area contributed by atoms with E-state index in [4.69, 9.17) is 23.2 Å². The summed E-state index contributed by atoms with van der Waals surface area (Å²) in [6.07, 6.45) is 0. The number of carbonyl (C=O) groups excluding carboxylic acids is 2. The van der Waals surface area contributed by atoms with Gasteiger partial charge in [-0.15, -0.1) is 11.8 Å². The number of anilines is 2. The molecule has 2 amide bonds. The highest BCUT2D eigenvalue weighted by atomic mass is 35.5. The lowest BCUT2D eigenvalue weighted by Gasteiger charge is -2.33. The second-order valence-electron chi connectivity index (χ2n) is 7.26. The summed E-state index contributed by atoms with van der Waals surface area (Å²) < 4.78 is 13.8. The Hall–Kier alpha value is -2.54. The van der Waals surface area contributed by atoms with E-state index in [-0.39, 0.29) is 29.1 Å². The maximum absolute atomic E-state index is 13.9. The van der Waals surface area contributed by atoms with Gasteiger partial charge in [-0.25, -0.2) is 4.39 Å². The molecule has 8 heteroatoms. The minimum Gasteiger partial charge on any atom is -0.304 e. The molecule has 1 fully saturated rings. The van der Waals surface area contributed by atoms with Gasteiger partial charge in [0.25, 0.3) is 5.91 Å². The van der Waals surface area contributed by atoms with Gasteiger partial charge in [-0.05, 0) is 35.9 Å². The van der Waals surface area contributed by atoms with E-state index in [0.29, 0.717) is 22.0 Å². The van der Waals surface area contributed by atoms with Crippen molar-refractivity contribution < 1.29 is 14.0 Å². The fourth-order valence-electron chi connectivity index (χ4n) is 4.13. The summed E-state index contributed by atoms with van der Waals surface area (Å²) in [6, 6.07) is 18.8. The predicted molar refractivity (Wildman–Crippen MR) is 122 cm³/mol. The first-order valence-corrected chi connectivity index (χ1v) is 11.2. The van der Waals surface area contributed by atoms with Gasteiger partial charge < -0.3 is 4.90 Å². The molecule has 4 nitrogen and oxygen atoms in total. The highest BCUT2D eigenvalue weighted by Gasteiger charge is 2.61. The van der Waals surface area contributed by atoms with Crippen LogP contribution >= 0.6 is 35.0 Å². The van der Waals surface area contributed by atoms with Gasteiger partial charge in [-0.3, -0.25) is 14.5 Å². The second kappa shape index (κ2) is 7.55. The molecule has 2 heterocycles. The molecule has 31 heavy (non-hydrogen) atoms. The van der Waals surface area contributed by atoms with Crippen molar-refractivity contribution in [1.29, 1.82) is 0 Å². The molecule has 3 aromatic carbocycles. The number of carbonyl (C=O) groups is 2. The number of fused-ring (bicyclic) bond motifs is 2. The van der Waals surface area contributed by atoms with Crippen LogP contribution in [-0.2, 0) is 21.0 Å². The summed E-state index contributed by atoms with van der Waals surface area (Å²) in [7, 11) is 0. The Morgan fingerprint density at radius 3 is 2.48 bits per heavy atom. The van der Waals surface area contributed by atoms with Gasteiger partial charge in [0, 0.05) is 16.3 Å². The first-order chi connectivity index (χ1) is 14.9. The van der Waals surface area contributed by atoms with Gasteiger partial charge in [-0.2, -0.15) is 0 Å². The zero-order valence-electron chi connectivity index (χ0n) is 16.0. The molecule has 1 saturated heterocycles. The van der Waals surface area contributed by atoms with Gasteiger partial charge in [0.1, 0.15) is 5.82 Å². The fourth-order valence-corrected chi connectivity index (χ4v) is 5.86. The van der Waals surface area contributed by atoms with Crippen molar-refractivity contribution in [2.75, 3.05) is 15.6 Å². The maximum Gasteiger partial charge on any atom is 0.269 e. The molecule has 2 aliphatic heterocycles. The van der Waals surface area contributed by atoms with Crippen molar-refractivity contribution in [2.45, 2.75) is 11.4 Å². The molecule has 0 N–H and O–H groups in total. The van der Waals surface area contributed by atoms with E-state index in [9.17, 15) is 14.0 Å². The highest BCUT2D eigenvalue weighted by Crippen LogP contribution is 2.56. The third-order valence-corrected chi connectivity index (χ3v) is 7.56. The molecule has 0 aromatic heterocycles. The molecule has 0 saturated carbocycles. The van der Waals surface area contributed by atoms with Crippen LogP contribution in [0.4, 0.5) is 15.8 Å². The van der Waals surface area contributed by atoms with Crippen LogP contribution in [0, 0.1) is 5.82 Å². The monoisotopic (exact) mass is 472 g/mol. The molecule has 3 aromatic rings. The summed E-state index contributed by atoms with van der Waals surface area (Å²) in [5.74, 6) is -0.952. The van der Waals surface area contributed by atoms with Crippen LogP contribution in [0.5, 0.6) is 0 Å². The van der Waals surface area contributed by atoms with Crippen molar-refractivity contribution in [3.63, 3.8) is 0 Å². The molecular weight excluding hydrogens is 458 g/mol. The molecule has 0 aliphatic carbocycles. The molecule has 1 spiro atoms. The molecular formula is C23H15Cl2FN2O2S. The Morgan fingerprint density at radius 1 is 0.968 bits per heavy atom. The average Bonchev–Trinajstić information content (AvgIpc) is 3.23. The van der Waals surface area contributed by atoms with E-state index >= 15 is 0 Å². The lowest BCUT2D eigenvalue weighted by molar-refractivity contribution is -0.123. The Balaban J connectivity index is 1.66.